The van der Waals surface area contributed by atoms with Crippen LogP contribution in [0.25, 0.3) is 0 Å². The number of amides is 1. The van der Waals surface area contributed by atoms with E-state index in [1.807, 2.05) is 0 Å². The van der Waals surface area contributed by atoms with Crippen LogP contribution in [0.4, 0.5) is 0 Å². The molecule has 0 aliphatic carbocycles. The van der Waals surface area contributed by atoms with Gasteiger partial charge in [0.25, 0.3) is 5.91 Å². The highest BCUT2D eigenvalue weighted by atomic mass is 35.5. The van der Waals surface area contributed by atoms with E-state index in [4.69, 9.17) is 25.8 Å². The van der Waals surface area contributed by atoms with Crippen LogP contribution in [0.1, 0.15) is 42.7 Å². The predicted octanol–water partition coefficient (Wildman–Crippen LogP) is 3.89. The number of halogens is 1. The minimum Gasteiger partial charge on any atom is -0.493 e. The fourth-order valence-electron chi connectivity index (χ4n) is 3.26. The zero-order valence-corrected chi connectivity index (χ0v) is 20.6. The molecule has 0 heterocycles. The fourth-order valence-corrected chi connectivity index (χ4v) is 4.95. The lowest BCUT2D eigenvalue weighted by molar-refractivity contribution is 0.0939. The van der Waals surface area contributed by atoms with Crippen molar-refractivity contribution in [3.05, 3.63) is 46.5 Å². The van der Waals surface area contributed by atoms with Gasteiger partial charge in [-0.25, -0.2) is 8.42 Å². The van der Waals surface area contributed by atoms with Crippen LogP contribution in [0.3, 0.4) is 0 Å². The van der Waals surface area contributed by atoms with E-state index in [1.165, 1.54) is 43.8 Å². The summed E-state index contributed by atoms with van der Waals surface area (Å²) >= 11 is 6.23. The minimum atomic E-state index is -3.73. The normalized spacial score (nSPS) is 12.4. The zero-order chi connectivity index (χ0) is 24.1. The summed E-state index contributed by atoms with van der Waals surface area (Å²) < 4.78 is 43.0. The van der Waals surface area contributed by atoms with Gasteiger partial charge in [0.2, 0.25) is 15.8 Å². The number of carbonyl (C=O) groups is 1. The van der Waals surface area contributed by atoms with Gasteiger partial charge in [-0.05, 0) is 42.8 Å². The number of sulfonamides is 1. The molecule has 0 spiro atoms. The van der Waals surface area contributed by atoms with Gasteiger partial charge in [-0.1, -0.05) is 25.4 Å². The molecule has 0 aromatic heterocycles. The van der Waals surface area contributed by atoms with Gasteiger partial charge in [-0.2, -0.15) is 4.31 Å². The first-order valence-electron chi connectivity index (χ1n) is 10.0. The van der Waals surface area contributed by atoms with Gasteiger partial charge in [0, 0.05) is 13.1 Å². The zero-order valence-electron chi connectivity index (χ0n) is 19.1. The summed E-state index contributed by atoms with van der Waals surface area (Å²) in [4.78, 5) is 13.0. The summed E-state index contributed by atoms with van der Waals surface area (Å²) in [6, 6.07) is 7.11. The first kappa shape index (κ1) is 25.8. The molecule has 1 unspecified atom stereocenters. The van der Waals surface area contributed by atoms with Gasteiger partial charge in [0.1, 0.15) is 0 Å². The molecular formula is C22H29ClN2O6S. The van der Waals surface area contributed by atoms with Crippen LogP contribution in [0.2, 0.25) is 5.02 Å². The Kier molecular flexibility index (Phi) is 8.77. The molecule has 176 valence electrons. The van der Waals surface area contributed by atoms with Crippen molar-refractivity contribution in [3.63, 3.8) is 0 Å². The number of nitrogens with one attached hydrogen (secondary N) is 1. The maximum atomic E-state index is 13.0. The Bertz CT molecular complexity index is 1050. The van der Waals surface area contributed by atoms with E-state index < -0.39 is 22.0 Å². The maximum Gasteiger partial charge on any atom is 0.253 e. The SMILES string of the molecule is CCN(CC)S(=O)(=O)c1ccc(Cl)c(C(=O)NC(C)c2cc(OC)c(OC)c(OC)c2)c1. The van der Waals surface area contributed by atoms with Gasteiger partial charge in [0.05, 0.1) is 42.9 Å². The second-order valence-corrected chi connectivity index (χ2v) is 9.23. The number of carbonyl (C=O) groups excluding carboxylic acids is 1. The van der Waals surface area contributed by atoms with E-state index in [0.29, 0.717) is 35.9 Å². The molecule has 8 nitrogen and oxygen atoms in total. The molecule has 2 aromatic rings. The summed E-state index contributed by atoms with van der Waals surface area (Å²) in [6.07, 6.45) is 0. The van der Waals surface area contributed by atoms with Crippen LogP contribution in [-0.2, 0) is 10.0 Å². The van der Waals surface area contributed by atoms with E-state index in [9.17, 15) is 13.2 Å². The molecule has 2 aromatic carbocycles. The molecule has 1 amide bonds. The molecule has 0 aliphatic rings. The first-order valence-corrected chi connectivity index (χ1v) is 11.9. The van der Waals surface area contributed by atoms with Gasteiger partial charge in [-0.15, -0.1) is 0 Å². The monoisotopic (exact) mass is 484 g/mol. The van der Waals surface area contributed by atoms with E-state index in [0.717, 1.165) is 0 Å². The summed E-state index contributed by atoms with van der Waals surface area (Å²) in [6.45, 7) is 5.93. The van der Waals surface area contributed by atoms with Crippen LogP contribution in [0.5, 0.6) is 17.2 Å². The molecule has 1 N–H and O–H groups in total. The van der Waals surface area contributed by atoms with Gasteiger partial charge in [0.15, 0.2) is 11.5 Å². The molecule has 0 saturated heterocycles. The van der Waals surface area contributed by atoms with Crippen LogP contribution in [0, 0.1) is 0 Å². The highest BCUT2D eigenvalue weighted by Crippen LogP contribution is 2.39. The Morgan fingerprint density at radius 1 is 1.03 bits per heavy atom. The van der Waals surface area contributed by atoms with Crippen LogP contribution in [-0.4, -0.2) is 53.0 Å². The quantitative estimate of drug-likeness (QED) is 0.550. The molecule has 32 heavy (non-hydrogen) atoms. The topological polar surface area (TPSA) is 94.2 Å². The van der Waals surface area contributed by atoms with Crippen molar-refractivity contribution in [3.8, 4) is 17.2 Å². The summed E-state index contributed by atoms with van der Waals surface area (Å²) in [7, 11) is 0.786. The molecule has 0 radical (unpaired) electrons. The Morgan fingerprint density at radius 3 is 2.06 bits per heavy atom. The molecule has 0 fully saturated rings. The van der Waals surface area contributed by atoms with Crippen molar-refractivity contribution >= 4 is 27.5 Å². The molecule has 0 aliphatic heterocycles. The van der Waals surface area contributed by atoms with Crippen LogP contribution >= 0.6 is 11.6 Å². The van der Waals surface area contributed by atoms with Crippen molar-refractivity contribution in [1.82, 2.24) is 9.62 Å². The van der Waals surface area contributed by atoms with Gasteiger partial charge >= 0.3 is 0 Å². The number of benzene rings is 2. The standard InChI is InChI=1S/C22H29ClN2O6S/c1-7-25(8-2)32(27,28)16-9-10-18(23)17(13-16)22(26)24-14(3)15-11-19(29-4)21(31-6)20(12-15)30-5/h9-14H,7-8H2,1-6H3,(H,24,26). The largest absolute Gasteiger partial charge is 0.493 e. The highest BCUT2D eigenvalue weighted by Gasteiger charge is 2.25. The van der Waals surface area contributed by atoms with E-state index in [-0.39, 0.29) is 15.5 Å². The number of hydrogen-bond donors (Lipinski definition) is 1. The Labute approximate surface area is 194 Å². The Morgan fingerprint density at radius 2 is 1.59 bits per heavy atom. The second kappa shape index (κ2) is 10.9. The number of nitrogens with zero attached hydrogens (tertiary/aromatic N) is 1. The van der Waals surface area contributed by atoms with Crippen LogP contribution in [0.15, 0.2) is 35.2 Å². The smallest absolute Gasteiger partial charge is 0.253 e. The van der Waals surface area contributed by atoms with E-state index in [1.54, 1.807) is 32.9 Å². The van der Waals surface area contributed by atoms with Crippen molar-refractivity contribution in [2.45, 2.75) is 31.7 Å². The van der Waals surface area contributed by atoms with Crippen LogP contribution < -0.4 is 19.5 Å². The lowest BCUT2D eigenvalue weighted by atomic mass is 10.1. The molecule has 1 atom stereocenters. The highest BCUT2D eigenvalue weighted by molar-refractivity contribution is 7.89. The molecule has 0 bridgehead atoms. The lowest BCUT2D eigenvalue weighted by Gasteiger charge is -2.20. The van der Waals surface area contributed by atoms with Crippen molar-refractivity contribution in [1.29, 1.82) is 0 Å². The lowest BCUT2D eigenvalue weighted by Crippen LogP contribution is -2.31. The van der Waals surface area contributed by atoms with Gasteiger partial charge in [-0.3, -0.25) is 4.79 Å². The molecule has 0 saturated carbocycles. The summed E-state index contributed by atoms with van der Waals surface area (Å²) in [5.74, 6) is 0.837. The fraction of sp³-hybridized carbons (Fsp3) is 0.409. The number of ether oxygens (including phenoxy) is 3. The van der Waals surface area contributed by atoms with Crippen molar-refractivity contribution in [2.24, 2.45) is 0 Å². The third-order valence-electron chi connectivity index (χ3n) is 5.06. The third-order valence-corrected chi connectivity index (χ3v) is 7.44. The molecule has 2 rings (SSSR count). The second-order valence-electron chi connectivity index (χ2n) is 6.88. The molecule has 10 heteroatoms. The summed E-state index contributed by atoms with van der Waals surface area (Å²) in [5, 5.41) is 3.00. The number of rotatable bonds is 10. The van der Waals surface area contributed by atoms with E-state index in [2.05, 4.69) is 5.32 Å². The van der Waals surface area contributed by atoms with E-state index >= 15 is 0 Å². The maximum absolute atomic E-state index is 13.0. The Hall–Kier alpha value is -2.49. The summed E-state index contributed by atoms with van der Waals surface area (Å²) in [5.41, 5.74) is 0.773. The number of hydrogen-bond acceptors (Lipinski definition) is 6. The van der Waals surface area contributed by atoms with Crippen molar-refractivity contribution in [2.75, 3.05) is 34.4 Å². The Balaban J connectivity index is 2.37. The third kappa shape index (κ3) is 5.28. The minimum absolute atomic E-state index is 0.0104. The molecular weight excluding hydrogens is 456 g/mol. The average molecular weight is 485 g/mol. The first-order chi connectivity index (χ1) is 15.1. The number of methoxy groups -OCH3 is 3. The van der Waals surface area contributed by atoms with Gasteiger partial charge < -0.3 is 19.5 Å². The predicted molar refractivity (Wildman–Crippen MR) is 124 cm³/mol. The average Bonchev–Trinajstić information content (AvgIpc) is 2.78. The van der Waals surface area contributed by atoms with Crippen molar-refractivity contribution < 1.29 is 27.4 Å².